The third-order valence-corrected chi connectivity index (χ3v) is 7.59. The van der Waals surface area contributed by atoms with E-state index in [2.05, 4.69) is 15.2 Å². The fourth-order valence-corrected chi connectivity index (χ4v) is 5.49. The molecule has 1 amide bonds. The summed E-state index contributed by atoms with van der Waals surface area (Å²) in [5.74, 6) is -0.155. The number of alkyl halides is 3. The number of morpholine rings is 1. The van der Waals surface area contributed by atoms with Crippen LogP contribution in [0, 0.1) is 0 Å². The number of benzene rings is 1. The van der Waals surface area contributed by atoms with E-state index in [4.69, 9.17) is 9.47 Å². The van der Waals surface area contributed by atoms with Gasteiger partial charge in [0.25, 0.3) is 0 Å². The number of hydrogen-bond acceptors (Lipinski definition) is 6. The van der Waals surface area contributed by atoms with Crippen LogP contribution in [-0.4, -0.2) is 69.3 Å². The van der Waals surface area contributed by atoms with Gasteiger partial charge in [0, 0.05) is 31.9 Å². The van der Waals surface area contributed by atoms with Crippen LogP contribution in [0.3, 0.4) is 0 Å². The van der Waals surface area contributed by atoms with Gasteiger partial charge in [-0.1, -0.05) is 24.3 Å². The summed E-state index contributed by atoms with van der Waals surface area (Å²) in [6.07, 6.45) is -2.65. The fourth-order valence-electron chi connectivity index (χ4n) is 5.49. The largest absolute Gasteiger partial charge is 0.474 e. The average molecular weight is 531 g/mol. The number of hydrogen-bond donors (Lipinski definition) is 1. The van der Waals surface area contributed by atoms with Crippen molar-refractivity contribution >= 4 is 22.7 Å². The maximum Gasteiger partial charge on any atom is 0.411 e. The Bertz CT molecular complexity index is 1340. The average Bonchev–Trinajstić information content (AvgIpc) is 3.31. The molecule has 2 aromatic heterocycles. The number of ketones is 1. The lowest BCUT2D eigenvalue weighted by Gasteiger charge is -2.46. The lowest BCUT2D eigenvalue weighted by Crippen LogP contribution is -2.57. The van der Waals surface area contributed by atoms with Crippen LogP contribution in [0.1, 0.15) is 44.2 Å². The Morgan fingerprint density at radius 2 is 1.97 bits per heavy atom. The van der Waals surface area contributed by atoms with Crippen LogP contribution in [0.4, 0.5) is 13.2 Å². The molecule has 3 heterocycles. The van der Waals surface area contributed by atoms with Crippen molar-refractivity contribution in [2.75, 3.05) is 13.2 Å². The molecule has 2 unspecified atom stereocenters. The van der Waals surface area contributed by atoms with Gasteiger partial charge in [-0.2, -0.15) is 18.3 Å². The normalized spacial score (nSPS) is 25.7. The van der Waals surface area contributed by atoms with E-state index in [0.717, 1.165) is 21.5 Å². The lowest BCUT2D eigenvalue weighted by atomic mass is 9.59. The number of ether oxygens (including phenoxy) is 2. The second-order valence-electron chi connectivity index (χ2n) is 10.1. The van der Waals surface area contributed by atoms with Crippen LogP contribution in [0.5, 0.6) is 5.88 Å². The highest BCUT2D eigenvalue weighted by Gasteiger charge is 2.52. The van der Waals surface area contributed by atoms with Crippen LogP contribution in [0.15, 0.2) is 42.6 Å². The molecule has 3 aromatic rings. The fraction of sp³-hybridized carbons (Fsp3) is 0.481. The maximum absolute atomic E-state index is 13.5. The van der Waals surface area contributed by atoms with E-state index in [0.29, 0.717) is 24.2 Å². The number of nitrogens with one attached hydrogen (secondary N) is 1. The molecule has 8 nitrogen and oxygen atoms in total. The Hall–Kier alpha value is -3.47. The Balaban J connectivity index is 1.29. The number of fused-ring (bicyclic) bond motifs is 1. The third-order valence-electron chi connectivity index (χ3n) is 7.59. The molecule has 2 fully saturated rings. The van der Waals surface area contributed by atoms with Gasteiger partial charge in [0.05, 0.1) is 29.8 Å². The number of aromatic nitrogens is 3. The lowest BCUT2D eigenvalue weighted by molar-refractivity contribution is -0.221. The van der Waals surface area contributed by atoms with Crippen molar-refractivity contribution in [1.29, 1.82) is 0 Å². The van der Waals surface area contributed by atoms with Gasteiger partial charge in [-0.3, -0.25) is 14.7 Å². The van der Waals surface area contributed by atoms with Gasteiger partial charge in [-0.15, -0.1) is 0 Å². The van der Waals surface area contributed by atoms with Gasteiger partial charge in [0.15, 0.2) is 6.04 Å². The van der Waals surface area contributed by atoms with Crippen molar-refractivity contribution in [1.82, 2.24) is 20.1 Å². The minimum Gasteiger partial charge on any atom is -0.474 e. The van der Waals surface area contributed by atoms with Gasteiger partial charge >= 0.3 is 6.18 Å². The molecule has 1 aliphatic carbocycles. The molecule has 5 rings (SSSR count). The number of pyridine rings is 1. The third kappa shape index (κ3) is 4.99. The summed E-state index contributed by atoms with van der Waals surface area (Å²) in [7, 11) is 0. The van der Waals surface area contributed by atoms with Crippen LogP contribution in [0.25, 0.3) is 11.0 Å². The molecular formula is C27H29F3N4O4. The number of carbonyl (C=O) groups excluding carboxylic acids is 2. The molecule has 202 valence electrons. The van der Waals surface area contributed by atoms with Gasteiger partial charge in [0.1, 0.15) is 17.4 Å². The highest BCUT2D eigenvalue weighted by molar-refractivity contribution is 5.90. The molecule has 1 aromatic carbocycles. The summed E-state index contributed by atoms with van der Waals surface area (Å²) >= 11 is 0. The second-order valence-corrected chi connectivity index (χ2v) is 10.1. The molecule has 2 aliphatic rings. The standard InChI is InChI=1S/C27H29F3N4O4/c1-16-14-34(23(15-37-16)27(28,29)30)25(36)10-7-18-5-3-4-6-20(18)26(17(2)35)11-19(12-26)38-24-9-8-21-22(32-24)13-31-33-21/h3-6,8-9,13,16,19,23H,7,10-12,14-15H2,1-2H3,(H,31,33). The van der Waals surface area contributed by atoms with Gasteiger partial charge in [-0.05, 0) is 37.5 Å². The molecular weight excluding hydrogens is 501 g/mol. The maximum atomic E-state index is 13.5. The number of rotatable bonds is 7. The van der Waals surface area contributed by atoms with Crippen LogP contribution in [0.2, 0.25) is 0 Å². The van der Waals surface area contributed by atoms with Crippen LogP contribution < -0.4 is 4.74 Å². The highest BCUT2D eigenvalue weighted by atomic mass is 19.4. The predicted molar refractivity (Wildman–Crippen MR) is 132 cm³/mol. The Kier molecular flexibility index (Phi) is 6.89. The number of halogens is 3. The van der Waals surface area contributed by atoms with Crippen molar-refractivity contribution < 1.29 is 32.2 Å². The van der Waals surface area contributed by atoms with E-state index in [-0.39, 0.29) is 31.3 Å². The minimum atomic E-state index is -4.57. The molecule has 1 aliphatic heterocycles. The quantitative estimate of drug-likeness (QED) is 0.493. The molecule has 1 N–H and O–H groups in total. The summed E-state index contributed by atoms with van der Waals surface area (Å²) in [4.78, 5) is 31.2. The first-order valence-corrected chi connectivity index (χ1v) is 12.6. The van der Waals surface area contributed by atoms with Gasteiger partial charge in [-0.25, -0.2) is 4.98 Å². The SMILES string of the molecule is CC(=O)C1(c2ccccc2CCC(=O)N2CC(C)OCC2C(F)(F)F)CC(Oc2ccc3[nH]ncc3n2)C1. The van der Waals surface area contributed by atoms with Gasteiger partial charge < -0.3 is 14.4 Å². The van der Waals surface area contributed by atoms with Crippen molar-refractivity contribution in [2.24, 2.45) is 0 Å². The van der Waals surface area contributed by atoms with Crippen LogP contribution in [-0.2, 0) is 26.2 Å². The molecule has 11 heteroatoms. The number of H-pyrrole nitrogens is 1. The minimum absolute atomic E-state index is 0.0199. The number of aryl methyl sites for hydroxylation is 1. The summed E-state index contributed by atoms with van der Waals surface area (Å²) in [5.41, 5.74) is 2.25. The number of nitrogens with zero attached hydrogens (tertiary/aromatic N) is 3. The Labute approximate surface area is 217 Å². The monoisotopic (exact) mass is 530 g/mol. The summed E-state index contributed by atoms with van der Waals surface area (Å²) in [6, 6.07) is 8.95. The zero-order valence-electron chi connectivity index (χ0n) is 21.1. The molecule has 0 spiro atoms. The first kappa shape index (κ1) is 26.1. The van der Waals surface area contributed by atoms with E-state index in [9.17, 15) is 22.8 Å². The summed E-state index contributed by atoms with van der Waals surface area (Å²) in [6.45, 7) is 2.51. The molecule has 2 atom stereocenters. The van der Waals surface area contributed by atoms with Gasteiger partial charge in [0.2, 0.25) is 11.8 Å². The summed E-state index contributed by atoms with van der Waals surface area (Å²) < 4.78 is 51.8. The number of carbonyl (C=O) groups is 2. The zero-order chi connectivity index (χ0) is 27.1. The molecule has 1 saturated heterocycles. The summed E-state index contributed by atoms with van der Waals surface area (Å²) in [5, 5.41) is 6.79. The van der Waals surface area contributed by atoms with Crippen molar-refractivity contribution in [3.05, 3.63) is 53.7 Å². The number of Topliss-reactive ketones (excluding diaryl/α,β-unsaturated/α-hetero) is 1. The Morgan fingerprint density at radius 3 is 2.71 bits per heavy atom. The number of amides is 1. The van der Waals surface area contributed by atoms with E-state index in [1.165, 1.54) is 6.92 Å². The molecule has 0 bridgehead atoms. The first-order chi connectivity index (χ1) is 18.1. The van der Waals surface area contributed by atoms with E-state index in [1.54, 1.807) is 19.2 Å². The van der Waals surface area contributed by atoms with Crippen molar-refractivity contribution in [3.63, 3.8) is 0 Å². The van der Waals surface area contributed by atoms with Crippen molar-refractivity contribution in [2.45, 2.75) is 69.4 Å². The van der Waals surface area contributed by atoms with Crippen LogP contribution >= 0.6 is 0 Å². The zero-order valence-corrected chi connectivity index (χ0v) is 21.1. The molecule has 38 heavy (non-hydrogen) atoms. The predicted octanol–water partition coefficient (Wildman–Crippen LogP) is 4.14. The van der Waals surface area contributed by atoms with E-state index < -0.39 is 36.3 Å². The first-order valence-electron chi connectivity index (χ1n) is 12.6. The highest BCUT2D eigenvalue weighted by Crippen LogP contribution is 2.47. The molecule has 0 radical (unpaired) electrons. The van der Waals surface area contributed by atoms with E-state index in [1.807, 2.05) is 30.3 Å². The topological polar surface area (TPSA) is 97.4 Å². The smallest absolute Gasteiger partial charge is 0.411 e. The van der Waals surface area contributed by atoms with E-state index >= 15 is 0 Å². The van der Waals surface area contributed by atoms with Crippen molar-refractivity contribution in [3.8, 4) is 5.88 Å². The second kappa shape index (κ2) is 10.0. The number of aromatic amines is 1. The molecule has 1 saturated carbocycles. The Morgan fingerprint density at radius 1 is 1.21 bits per heavy atom.